The van der Waals surface area contributed by atoms with Crippen molar-refractivity contribution in [2.24, 2.45) is 0 Å². The van der Waals surface area contributed by atoms with E-state index in [1.165, 1.54) is 9.75 Å². The monoisotopic (exact) mass is 306 g/mol. The molecule has 19 heavy (non-hydrogen) atoms. The molecule has 0 fully saturated rings. The molecule has 0 spiro atoms. The molecule has 0 aromatic carbocycles. The number of thiophene rings is 1. The summed E-state index contributed by atoms with van der Waals surface area (Å²) in [6, 6.07) is 10.0. The van der Waals surface area contributed by atoms with Crippen LogP contribution in [-0.4, -0.2) is 15.8 Å². The van der Waals surface area contributed by atoms with Crippen molar-refractivity contribution in [3.63, 3.8) is 0 Å². The van der Waals surface area contributed by atoms with E-state index < -0.39 is 0 Å². The summed E-state index contributed by atoms with van der Waals surface area (Å²) in [5.41, 5.74) is 1.98. The smallest absolute Gasteiger partial charge is 0.142 e. The van der Waals surface area contributed by atoms with E-state index in [-0.39, 0.29) is 0 Å². The van der Waals surface area contributed by atoms with Crippen LogP contribution < -0.4 is 0 Å². The first kappa shape index (κ1) is 12.8. The quantitative estimate of drug-likeness (QED) is 0.652. The van der Waals surface area contributed by atoms with Crippen LogP contribution in [0.15, 0.2) is 41.9 Å². The maximum absolute atomic E-state index is 5.89. The van der Waals surface area contributed by atoms with Gasteiger partial charge in [0.25, 0.3) is 0 Å². The fraction of sp³-hybridized carbons (Fsp3) is 0.143. The molecule has 0 aliphatic carbocycles. The molecule has 3 rings (SSSR count). The molecule has 3 aromatic rings. The molecule has 0 aliphatic rings. The largest absolute Gasteiger partial charge is 0.254 e. The number of thiazole rings is 1. The number of rotatable bonds is 4. The predicted octanol–water partition coefficient (Wildman–Crippen LogP) is 4.71. The van der Waals surface area contributed by atoms with Crippen molar-refractivity contribution in [3.05, 3.63) is 46.8 Å². The van der Waals surface area contributed by atoms with Crippen LogP contribution >= 0.6 is 34.3 Å². The van der Waals surface area contributed by atoms with E-state index in [2.05, 4.69) is 16.4 Å². The summed E-state index contributed by atoms with van der Waals surface area (Å²) in [4.78, 5) is 11.5. The van der Waals surface area contributed by atoms with Crippen LogP contribution in [0.3, 0.4) is 0 Å². The highest BCUT2D eigenvalue weighted by atomic mass is 35.5. The average molecular weight is 307 g/mol. The third-order valence-electron chi connectivity index (χ3n) is 2.66. The van der Waals surface area contributed by atoms with E-state index in [0.29, 0.717) is 5.88 Å². The zero-order valence-electron chi connectivity index (χ0n) is 10.0. The lowest BCUT2D eigenvalue weighted by atomic mass is 10.2. The zero-order chi connectivity index (χ0) is 13.1. The number of halogens is 1. The maximum Gasteiger partial charge on any atom is 0.142 e. The van der Waals surface area contributed by atoms with Crippen LogP contribution in [0.5, 0.6) is 0 Å². The van der Waals surface area contributed by atoms with E-state index >= 15 is 0 Å². The zero-order valence-corrected chi connectivity index (χ0v) is 12.4. The van der Waals surface area contributed by atoms with Crippen molar-refractivity contribution in [2.75, 3.05) is 5.88 Å². The second-order valence-corrected chi connectivity index (χ2v) is 6.33. The lowest BCUT2D eigenvalue weighted by Crippen LogP contribution is -1.85. The molecule has 3 aromatic heterocycles. The predicted molar refractivity (Wildman–Crippen MR) is 83.1 cm³/mol. The number of hydrogen-bond donors (Lipinski definition) is 0. The molecule has 2 nitrogen and oxygen atoms in total. The number of aryl methyl sites for hydroxylation is 1. The first-order valence-electron chi connectivity index (χ1n) is 5.89. The molecule has 0 radical (unpaired) electrons. The Morgan fingerprint density at radius 3 is 2.79 bits per heavy atom. The Bertz CT molecular complexity index is 647. The van der Waals surface area contributed by atoms with E-state index in [0.717, 1.165) is 22.8 Å². The normalized spacial score (nSPS) is 10.8. The third-order valence-corrected chi connectivity index (χ3v) is 4.86. The molecule has 0 saturated heterocycles. The number of pyridine rings is 1. The Morgan fingerprint density at radius 1 is 1.16 bits per heavy atom. The second kappa shape index (κ2) is 5.82. The number of alkyl halides is 1. The highest BCUT2D eigenvalue weighted by Gasteiger charge is 2.15. The topological polar surface area (TPSA) is 25.8 Å². The number of aromatic nitrogens is 2. The molecule has 96 valence electrons. The molecular weight excluding hydrogens is 296 g/mol. The minimum atomic E-state index is 0.613. The van der Waals surface area contributed by atoms with Gasteiger partial charge < -0.3 is 0 Å². The summed E-state index contributed by atoms with van der Waals surface area (Å²) in [5.74, 6) is 0.613. The summed E-state index contributed by atoms with van der Waals surface area (Å²) in [7, 11) is 0. The van der Waals surface area contributed by atoms with Crippen molar-refractivity contribution in [1.82, 2.24) is 9.97 Å². The summed E-state index contributed by atoms with van der Waals surface area (Å²) in [6.07, 6.45) is 2.64. The highest BCUT2D eigenvalue weighted by Crippen LogP contribution is 2.35. The molecule has 0 saturated carbocycles. The number of hydrogen-bond acceptors (Lipinski definition) is 4. The fourth-order valence-electron chi connectivity index (χ4n) is 1.81. The van der Waals surface area contributed by atoms with Gasteiger partial charge in [0.1, 0.15) is 5.01 Å². The van der Waals surface area contributed by atoms with Crippen LogP contribution in [0.2, 0.25) is 0 Å². The standard InChI is InChI=1S/C14H11ClN2S2/c15-7-6-12-13(11-5-3-9-18-11)17-14(19-12)10-4-1-2-8-16-10/h1-5,8-9H,6-7H2. The first-order chi connectivity index (χ1) is 9.38. The Labute approximate surface area is 124 Å². The van der Waals surface area contributed by atoms with Gasteiger partial charge in [-0.1, -0.05) is 12.1 Å². The van der Waals surface area contributed by atoms with Crippen molar-refractivity contribution < 1.29 is 0 Å². The van der Waals surface area contributed by atoms with Gasteiger partial charge >= 0.3 is 0 Å². The van der Waals surface area contributed by atoms with E-state index in [9.17, 15) is 0 Å². The highest BCUT2D eigenvalue weighted by molar-refractivity contribution is 7.17. The Balaban J connectivity index is 2.07. The van der Waals surface area contributed by atoms with Gasteiger partial charge in [0, 0.05) is 17.0 Å². The summed E-state index contributed by atoms with van der Waals surface area (Å²) < 4.78 is 0. The van der Waals surface area contributed by atoms with E-state index in [1.807, 2.05) is 24.3 Å². The summed E-state index contributed by atoms with van der Waals surface area (Å²) >= 11 is 9.28. The second-order valence-electron chi connectivity index (χ2n) is 3.92. The Kier molecular flexibility index (Phi) is 3.92. The maximum atomic E-state index is 5.89. The van der Waals surface area contributed by atoms with Crippen LogP contribution in [0.1, 0.15) is 4.88 Å². The summed E-state index contributed by atoms with van der Waals surface area (Å²) in [5, 5.41) is 3.03. The molecule has 0 aliphatic heterocycles. The van der Waals surface area contributed by atoms with Gasteiger partial charge in [-0.15, -0.1) is 34.3 Å². The molecule has 0 unspecified atom stereocenters. The van der Waals surface area contributed by atoms with Crippen LogP contribution in [0.4, 0.5) is 0 Å². The molecule has 0 amide bonds. The van der Waals surface area contributed by atoms with Crippen molar-refractivity contribution in [3.8, 4) is 21.3 Å². The lowest BCUT2D eigenvalue weighted by Gasteiger charge is -1.95. The lowest BCUT2D eigenvalue weighted by molar-refractivity contribution is 1.18. The van der Waals surface area contributed by atoms with E-state index in [4.69, 9.17) is 16.6 Å². The van der Waals surface area contributed by atoms with Crippen LogP contribution in [0, 0.1) is 0 Å². The molecule has 3 heterocycles. The molecule has 0 bridgehead atoms. The number of nitrogens with zero attached hydrogens (tertiary/aromatic N) is 2. The fourth-order valence-corrected chi connectivity index (χ4v) is 3.97. The van der Waals surface area contributed by atoms with Gasteiger partial charge in [-0.05, 0) is 30.0 Å². The van der Waals surface area contributed by atoms with E-state index in [1.54, 1.807) is 28.9 Å². The molecule has 0 atom stereocenters. The Morgan fingerprint density at radius 2 is 2.11 bits per heavy atom. The van der Waals surface area contributed by atoms with Gasteiger partial charge in [0.05, 0.1) is 16.3 Å². The third kappa shape index (κ3) is 2.71. The van der Waals surface area contributed by atoms with Gasteiger partial charge in [0.15, 0.2) is 0 Å². The first-order valence-corrected chi connectivity index (χ1v) is 8.12. The van der Waals surface area contributed by atoms with Gasteiger partial charge in [-0.3, -0.25) is 4.98 Å². The van der Waals surface area contributed by atoms with Gasteiger partial charge in [-0.2, -0.15) is 0 Å². The minimum absolute atomic E-state index is 0.613. The van der Waals surface area contributed by atoms with Crippen LogP contribution in [0.25, 0.3) is 21.3 Å². The van der Waals surface area contributed by atoms with Crippen LogP contribution in [-0.2, 0) is 6.42 Å². The average Bonchev–Trinajstić information content (AvgIpc) is 3.09. The van der Waals surface area contributed by atoms with Crippen molar-refractivity contribution in [2.45, 2.75) is 6.42 Å². The van der Waals surface area contributed by atoms with Gasteiger partial charge in [0.2, 0.25) is 0 Å². The minimum Gasteiger partial charge on any atom is -0.254 e. The SMILES string of the molecule is ClCCc1sc(-c2ccccn2)nc1-c1cccs1. The van der Waals surface area contributed by atoms with Crippen molar-refractivity contribution >= 4 is 34.3 Å². The molecule has 5 heteroatoms. The molecular formula is C14H11ClN2S2. The van der Waals surface area contributed by atoms with Gasteiger partial charge in [-0.25, -0.2) is 4.98 Å². The van der Waals surface area contributed by atoms with Crippen molar-refractivity contribution in [1.29, 1.82) is 0 Å². The summed E-state index contributed by atoms with van der Waals surface area (Å²) in [6.45, 7) is 0. The molecule has 0 N–H and O–H groups in total. The Hall–Kier alpha value is -1.23.